The Hall–Kier alpha value is -1.37. The molecule has 1 aromatic rings. The molecule has 2 atom stereocenters. The number of hydrogen-bond acceptors (Lipinski definition) is 5. The molecule has 17 heavy (non-hydrogen) atoms. The van der Waals surface area contributed by atoms with Gasteiger partial charge in [0.1, 0.15) is 11.1 Å². The molecule has 2 unspecified atom stereocenters. The SMILES string of the molecule is COC(=O)CC(O)C(O)c1c[nH]c(=O)c(Cl)c1. The van der Waals surface area contributed by atoms with Crippen LogP contribution in [0.2, 0.25) is 5.02 Å². The van der Waals surface area contributed by atoms with Crippen LogP contribution in [0.3, 0.4) is 0 Å². The first-order chi connectivity index (χ1) is 7.95. The number of carbonyl (C=O) groups excluding carboxylic acids is 1. The summed E-state index contributed by atoms with van der Waals surface area (Å²) in [6.45, 7) is 0. The van der Waals surface area contributed by atoms with E-state index >= 15 is 0 Å². The van der Waals surface area contributed by atoms with E-state index in [0.717, 1.165) is 0 Å². The minimum Gasteiger partial charge on any atom is -0.469 e. The van der Waals surface area contributed by atoms with Crippen molar-refractivity contribution >= 4 is 17.6 Å². The quantitative estimate of drug-likeness (QED) is 0.662. The molecule has 0 spiro atoms. The third-order valence-corrected chi connectivity index (χ3v) is 2.47. The molecular formula is C10H12ClNO5. The van der Waals surface area contributed by atoms with Crippen LogP contribution in [0, 0.1) is 0 Å². The second-order valence-corrected chi connectivity index (χ2v) is 3.81. The fourth-order valence-electron chi connectivity index (χ4n) is 1.23. The average molecular weight is 262 g/mol. The van der Waals surface area contributed by atoms with Crippen LogP contribution in [0.15, 0.2) is 17.1 Å². The van der Waals surface area contributed by atoms with Gasteiger partial charge < -0.3 is 19.9 Å². The molecule has 94 valence electrons. The summed E-state index contributed by atoms with van der Waals surface area (Å²) in [6, 6.07) is 1.23. The zero-order valence-corrected chi connectivity index (χ0v) is 9.77. The van der Waals surface area contributed by atoms with Crippen LogP contribution in [-0.2, 0) is 9.53 Å². The van der Waals surface area contributed by atoms with Gasteiger partial charge in [-0.15, -0.1) is 0 Å². The molecule has 6 nitrogen and oxygen atoms in total. The number of H-pyrrole nitrogens is 1. The molecule has 0 amide bonds. The van der Waals surface area contributed by atoms with Gasteiger partial charge in [-0.2, -0.15) is 0 Å². The topological polar surface area (TPSA) is 99.6 Å². The molecule has 0 aromatic carbocycles. The lowest BCUT2D eigenvalue weighted by Crippen LogP contribution is -2.23. The number of methoxy groups -OCH3 is 1. The van der Waals surface area contributed by atoms with E-state index in [1.165, 1.54) is 19.4 Å². The first kappa shape index (κ1) is 13.7. The highest BCUT2D eigenvalue weighted by Gasteiger charge is 2.22. The van der Waals surface area contributed by atoms with E-state index in [1.54, 1.807) is 0 Å². The summed E-state index contributed by atoms with van der Waals surface area (Å²) in [5.74, 6) is -0.646. The highest BCUT2D eigenvalue weighted by atomic mass is 35.5. The number of pyridine rings is 1. The predicted molar refractivity (Wildman–Crippen MR) is 59.7 cm³/mol. The van der Waals surface area contributed by atoms with Gasteiger partial charge in [0.05, 0.1) is 19.6 Å². The van der Waals surface area contributed by atoms with Gasteiger partial charge in [0, 0.05) is 11.8 Å². The van der Waals surface area contributed by atoms with Crippen LogP contribution < -0.4 is 5.56 Å². The van der Waals surface area contributed by atoms with E-state index in [0.29, 0.717) is 0 Å². The van der Waals surface area contributed by atoms with Crippen LogP contribution in [0.1, 0.15) is 18.1 Å². The molecular weight excluding hydrogens is 250 g/mol. The molecule has 0 aliphatic carbocycles. The van der Waals surface area contributed by atoms with E-state index in [4.69, 9.17) is 11.6 Å². The molecule has 0 bridgehead atoms. The highest BCUT2D eigenvalue weighted by molar-refractivity contribution is 6.30. The second-order valence-electron chi connectivity index (χ2n) is 3.40. The minimum absolute atomic E-state index is 0.105. The number of ether oxygens (including phenoxy) is 1. The number of rotatable bonds is 4. The smallest absolute Gasteiger partial charge is 0.308 e. The lowest BCUT2D eigenvalue weighted by molar-refractivity contribution is -0.144. The standard InChI is InChI=1S/C10H12ClNO5/c1-17-8(14)3-7(13)9(15)5-2-6(11)10(16)12-4-5/h2,4,7,9,13,15H,3H2,1H3,(H,12,16). The number of esters is 1. The Kier molecular flexibility index (Phi) is 4.68. The van der Waals surface area contributed by atoms with Crippen LogP contribution in [-0.4, -0.2) is 34.4 Å². The van der Waals surface area contributed by atoms with E-state index in [-0.39, 0.29) is 17.0 Å². The van der Waals surface area contributed by atoms with Gasteiger partial charge in [-0.3, -0.25) is 9.59 Å². The van der Waals surface area contributed by atoms with Crippen molar-refractivity contribution < 1.29 is 19.7 Å². The fourth-order valence-corrected chi connectivity index (χ4v) is 1.41. The third-order valence-electron chi connectivity index (χ3n) is 2.19. The Balaban J connectivity index is 2.81. The molecule has 7 heteroatoms. The first-order valence-electron chi connectivity index (χ1n) is 4.76. The Morgan fingerprint density at radius 3 is 2.76 bits per heavy atom. The molecule has 0 fully saturated rings. The van der Waals surface area contributed by atoms with Crippen molar-refractivity contribution in [2.75, 3.05) is 7.11 Å². The number of nitrogens with one attached hydrogen (secondary N) is 1. The van der Waals surface area contributed by atoms with Gasteiger partial charge in [0.15, 0.2) is 0 Å². The Morgan fingerprint density at radius 1 is 1.59 bits per heavy atom. The zero-order chi connectivity index (χ0) is 13.0. The number of aromatic nitrogens is 1. The summed E-state index contributed by atoms with van der Waals surface area (Å²) >= 11 is 5.57. The molecule has 1 aromatic heterocycles. The van der Waals surface area contributed by atoms with E-state index in [9.17, 15) is 19.8 Å². The van der Waals surface area contributed by atoms with Gasteiger partial charge in [-0.25, -0.2) is 0 Å². The maximum atomic E-state index is 11.0. The van der Waals surface area contributed by atoms with Gasteiger partial charge in [-0.1, -0.05) is 11.6 Å². The summed E-state index contributed by atoms with van der Waals surface area (Å²) < 4.78 is 4.36. The third kappa shape index (κ3) is 3.55. The minimum atomic E-state index is -1.33. The van der Waals surface area contributed by atoms with Crippen molar-refractivity contribution in [2.45, 2.75) is 18.6 Å². The summed E-state index contributed by atoms with van der Waals surface area (Å²) in [6.07, 6.45) is -1.79. The van der Waals surface area contributed by atoms with E-state index in [1.807, 2.05) is 0 Å². The molecule has 3 N–H and O–H groups in total. The fraction of sp³-hybridized carbons (Fsp3) is 0.400. The second kappa shape index (κ2) is 5.81. The molecule has 1 heterocycles. The van der Waals surface area contributed by atoms with Crippen molar-refractivity contribution in [3.05, 3.63) is 33.2 Å². The van der Waals surface area contributed by atoms with Crippen LogP contribution >= 0.6 is 11.6 Å². The summed E-state index contributed by atoms with van der Waals surface area (Å²) in [5.41, 5.74) is -0.281. The van der Waals surface area contributed by atoms with E-state index < -0.39 is 23.7 Å². The Labute approximate surface area is 102 Å². The highest BCUT2D eigenvalue weighted by Crippen LogP contribution is 2.19. The Bertz CT molecular complexity index is 458. The molecule has 0 saturated carbocycles. The monoisotopic (exact) mass is 261 g/mol. The maximum Gasteiger partial charge on any atom is 0.308 e. The number of halogens is 1. The average Bonchev–Trinajstić information content (AvgIpc) is 2.31. The molecule has 0 radical (unpaired) electrons. The Morgan fingerprint density at radius 2 is 2.24 bits per heavy atom. The van der Waals surface area contributed by atoms with Gasteiger partial charge in [0.2, 0.25) is 0 Å². The normalized spacial score (nSPS) is 14.1. The van der Waals surface area contributed by atoms with Crippen LogP contribution in [0.25, 0.3) is 0 Å². The lowest BCUT2D eigenvalue weighted by atomic mass is 10.0. The number of aromatic amines is 1. The molecule has 0 aliphatic heterocycles. The summed E-state index contributed by atoms with van der Waals surface area (Å²) in [5, 5.41) is 19.2. The van der Waals surface area contributed by atoms with Crippen molar-refractivity contribution in [1.29, 1.82) is 0 Å². The van der Waals surface area contributed by atoms with Gasteiger partial charge in [0.25, 0.3) is 5.56 Å². The maximum absolute atomic E-state index is 11.0. The van der Waals surface area contributed by atoms with Crippen LogP contribution in [0.5, 0.6) is 0 Å². The van der Waals surface area contributed by atoms with Gasteiger partial charge in [-0.05, 0) is 6.07 Å². The molecule has 0 aliphatic rings. The number of aliphatic hydroxyl groups excluding tert-OH is 2. The first-order valence-corrected chi connectivity index (χ1v) is 5.14. The molecule has 1 rings (SSSR count). The van der Waals surface area contributed by atoms with Crippen molar-refractivity contribution in [1.82, 2.24) is 4.98 Å². The lowest BCUT2D eigenvalue weighted by Gasteiger charge is -2.16. The number of hydrogen-bond donors (Lipinski definition) is 3. The number of carbonyl (C=O) groups is 1. The predicted octanol–water partition coefficient (Wildman–Crippen LogP) is -0.0143. The van der Waals surface area contributed by atoms with Crippen molar-refractivity contribution in [3.63, 3.8) is 0 Å². The molecule has 0 saturated heterocycles. The number of aliphatic hydroxyl groups is 2. The summed E-state index contributed by atoms with van der Waals surface area (Å²) in [4.78, 5) is 24.2. The zero-order valence-electron chi connectivity index (χ0n) is 9.01. The van der Waals surface area contributed by atoms with Crippen molar-refractivity contribution in [3.8, 4) is 0 Å². The van der Waals surface area contributed by atoms with Crippen LogP contribution in [0.4, 0.5) is 0 Å². The summed E-state index contributed by atoms with van der Waals surface area (Å²) in [7, 11) is 1.18. The van der Waals surface area contributed by atoms with E-state index in [2.05, 4.69) is 9.72 Å². The largest absolute Gasteiger partial charge is 0.469 e. The van der Waals surface area contributed by atoms with Crippen molar-refractivity contribution in [2.24, 2.45) is 0 Å². The van der Waals surface area contributed by atoms with Gasteiger partial charge >= 0.3 is 5.97 Å².